The Morgan fingerprint density at radius 3 is 2.57 bits per heavy atom. The molecule has 0 aliphatic rings. The maximum atomic E-state index is 5.48. The first-order valence-corrected chi connectivity index (χ1v) is 7.04. The van der Waals surface area contributed by atoms with Gasteiger partial charge in [0.1, 0.15) is 0 Å². The Morgan fingerprint density at radius 2 is 1.95 bits per heavy atom. The summed E-state index contributed by atoms with van der Waals surface area (Å²) in [6.07, 6.45) is 3.68. The third-order valence-electron chi connectivity index (χ3n) is 2.50. The second-order valence-corrected chi connectivity index (χ2v) is 4.61. The summed E-state index contributed by atoms with van der Waals surface area (Å²) in [5.74, 6) is 1.49. The van der Waals surface area contributed by atoms with Crippen LogP contribution in [0.3, 0.4) is 0 Å². The molecule has 0 atom stereocenters. The molecule has 2 heterocycles. The van der Waals surface area contributed by atoms with Crippen LogP contribution in [0.4, 0.5) is 11.9 Å². The van der Waals surface area contributed by atoms with Crippen LogP contribution >= 0.6 is 0 Å². The molecule has 0 aliphatic heterocycles. The number of nitrogens with zero attached hydrogens (tertiary/aromatic N) is 5. The van der Waals surface area contributed by atoms with Gasteiger partial charge in [-0.15, -0.1) is 0 Å². The van der Waals surface area contributed by atoms with E-state index in [-0.39, 0.29) is 6.10 Å². The van der Waals surface area contributed by atoms with Gasteiger partial charge in [-0.2, -0.15) is 20.1 Å². The smallest absolute Gasteiger partial charge is 0.257 e. The SMILES string of the molecule is CCNc1nc(NCCOC(C)C)nc(-n2cccn2)n1. The lowest BCUT2D eigenvalue weighted by atomic mass is 10.5. The molecule has 2 aromatic heterocycles. The maximum Gasteiger partial charge on any atom is 0.257 e. The lowest BCUT2D eigenvalue weighted by Crippen LogP contribution is -2.17. The van der Waals surface area contributed by atoms with Crippen LogP contribution in [0, 0.1) is 0 Å². The monoisotopic (exact) mass is 291 g/mol. The molecule has 0 amide bonds. The molecular formula is C13H21N7O. The molecule has 0 fully saturated rings. The summed E-state index contributed by atoms with van der Waals surface area (Å²) in [6, 6.07) is 1.82. The van der Waals surface area contributed by atoms with Crippen molar-refractivity contribution in [3.63, 3.8) is 0 Å². The average molecular weight is 291 g/mol. The van der Waals surface area contributed by atoms with Crippen LogP contribution in [0.15, 0.2) is 18.5 Å². The summed E-state index contributed by atoms with van der Waals surface area (Å²) in [4.78, 5) is 13.0. The maximum absolute atomic E-state index is 5.48. The Labute approximate surface area is 124 Å². The predicted molar refractivity (Wildman–Crippen MR) is 80.7 cm³/mol. The lowest BCUT2D eigenvalue weighted by Gasteiger charge is -2.10. The van der Waals surface area contributed by atoms with E-state index in [1.54, 1.807) is 17.1 Å². The number of nitrogens with one attached hydrogen (secondary N) is 2. The Hall–Kier alpha value is -2.22. The van der Waals surface area contributed by atoms with Crippen LogP contribution in [0.25, 0.3) is 5.95 Å². The van der Waals surface area contributed by atoms with Crippen molar-refractivity contribution < 1.29 is 4.74 Å². The van der Waals surface area contributed by atoms with E-state index in [1.807, 2.05) is 26.8 Å². The van der Waals surface area contributed by atoms with Gasteiger partial charge in [0.25, 0.3) is 5.95 Å². The normalized spacial score (nSPS) is 10.9. The zero-order valence-electron chi connectivity index (χ0n) is 12.6. The summed E-state index contributed by atoms with van der Waals surface area (Å²) < 4.78 is 7.07. The Morgan fingerprint density at radius 1 is 1.19 bits per heavy atom. The molecule has 0 saturated heterocycles. The van der Waals surface area contributed by atoms with Crippen LogP contribution in [-0.2, 0) is 4.74 Å². The number of hydrogen-bond acceptors (Lipinski definition) is 7. The molecule has 0 aromatic carbocycles. The first-order valence-electron chi connectivity index (χ1n) is 7.04. The summed E-state index contributed by atoms with van der Waals surface area (Å²) in [6.45, 7) is 7.95. The highest BCUT2D eigenvalue weighted by Crippen LogP contribution is 2.08. The van der Waals surface area contributed by atoms with Crippen LogP contribution in [-0.4, -0.2) is 50.5 Å². The molecule has 2 aromatic rings. The molecule has 0 bridgehead atoms. The van der Waals surface area contributed by atoms with Gasteiger partial charge in [-0.1, -0.05) is 0 Å². The van der Waals surface area contributed by atoms with E-state index in [4.69, 9.17) is 4.74 Å². The molecule has 2 N–H and O–H groups in total. The highest BCUT2D eigenvalue weighted by Gasteiger charge is 2.07. The molecule has 2 rings (SSSR count). The van der Waals surface area contributed by atoms with E-state index in [2.05, 4.69) is 30.7 Å². The van der Waals surface area contributed by atoms with Gasteiger partial charge < -0.3 is 15.4 Å². The third kappa shape index (κ3) is 4.67. The molecule has 114 valence electrons. The van der Waals surface area contributed by atoms with E-state index in [1.165, 1.54) is 0 Å². The van der Waals surface area contributed by atoms with Crippen molar-refractivity contribution in [3.8, 4) is 5.95 Å². The summed E-state index contributed by atoms with van der Waals surface area (Å²) >= 11 is 0. The van der Waals surface area contributed by atoms with E-state index < -0.39 is 0 Å². The van der Waals surface area contributed by atoms with Crippen molar-refractivity contribution in [2.75, 3.05) is 30.3 Å². The second kappa shape index (κ2) is 7.53. The van der Waals surface area contributed by atoms with Crippen molar-refractivity contribution in [2.45, 2.75) is 26.9 Å². The van der Waals surface area contributed by atoms with Crippen LogP contribution in [0.5, 0.6) is 0 Å². The van der Waals surface area contributed by atoms with Gasteiger partial charge in [-0.3, -0.25) is 0 Å². The van der Waals surface area contributed by atoms with E-state index in [0.29, 0.717) is 31.0 Å². The zero-order chi connectivity index (χ0) is 15.1. The van der Waals surface area contributed by atoms with Crippen LogP contribution in [0.2, 0.25) is 0 Å². The van der Waals surface area contributed by atoms with Gasteiger partial charge in [0.15, 0.2) is 0 Å². The number of anilines is 2. The standard InChI is InChI=1S/C13H21N7O/c1-4-14-11-17-12(15-7-9-21-10(2)3)19-13(18-11)20-8-5-6-16-20/h5-6,8,10H,4,7,9H2,1-3H3,(H2,14,15,17,18,19). The third-order valence-corrected chi connectivity index (χ3v) is 2.50. The van der Waals surface area contributed by atoms with Crippen molar-refractivity contribution in [1.82, 2.24) is 24.7 Å². The Balaban J connectivity index is 2.08. The van der Waals surface area contributed by atoms with Gasteiger partial charge in [0.2, 0.25) is 11.9 Å². The first kappa shape index (κ1) is 15.2. The van der Waals surface area contributed by atoms with Gasteiger partial charge >= 0.3 is 0 Å². The molecule has 0 spiro atoms. The minimum Gasteiger partial charge on any atom is -0.377 e. The fourth-order valence-corrected chi connectivity index (χ4v) is 1.63. The van der Waals surface area contributed by atoms with Crippen molar-refractivity contribution in [1.29, 1.82) is 0 Å². The molecule has 8 heteroatoms. The largest absolute Gasteiger partial charge is 0.377 e. The van der Waals surface area contributed by atoms with Crippen molar-refractivity contribution in [3.05, 3.63) is 18.5 Å². The summed E-state index contributed by atoms with van der Waals surface area (Å²) in [7, 11) is 0. The molecule has 0 unspecified atom stereocenters. The Bertz CT molecular complexity index is 541. The van der Waals surface area contributed by atoms with Gasteiger partial charge in [-0.05, 0) is 26.8 Å². The van der Waals surface area contributed by atoms with E-state index in [0.717, 1.165) is 6.54 Å². The van der Waals surface area contributed by atoms with Crippen molar-refractivity contribution >= 4 is 11.9 Å². The quantitative estimate of drug-likeness (QED) is 0.709. The minimum atomic E-state index is 0.210. The molecule has 0 radical (unpaired) electrons. The number of ether oxygens (including phenoxy) is 1. The Kier molecular flexibility index (Phi) is 5.44. The van der Waals surface area contributed by atoms with E-state index in [9.17, 15) is 0 Å². The number of rotatable bonds is 8. The molecule has 8 nitrogen and oxygen atoms in total. The first-order chi connectivity index (χ1) is 10.2. The average Bonchev–Trinajstić information content (AvgIpc) is 2.98. The van der Waals surface area contributed by atoms with Gasteiger partial charge in [0.05, 0.1) is 12.7 Å². The second-order valence-electron chi connectivity index (χ2n) is 4.61. The summed E-state index contributed by atoms with van der Waals surface area (Å²) in [5, 5.41) is 10.3. The topological polar surface area (TPSA) is 89.8 Å². The number of aromatic nitrogens is 5. The van der Waals surface area contributed by atoms with Gasteiger partial charge in [-0.25, -0.2) is 4.68 Å². The van der Waals surface area contributed by atoms with Gasteiger partial charge in [0, 0.05) is 25.5 Å². The zero-order valence-corrected chi connectivity index (χ0v) is 12.6. The molecule has 21 heavy (non-hydrogen) atoms. The lowest BCUT2D eigenvalue weighted by molar-refractivity contribution is 0.0870. The minimum absolute atomic E-state index is 0.210. The molecule has 0 aliphatic carbocycles. The van der Waals surface area contributed by atoms with Crippen LogP contribution in [0.1, 0.15) is 20.8 Å². The number of hydrogen-bond donors (Lipinski definition) is 2. The van der Waals surface area contributed by atoms with Crippen LogP contribution < -0.4 is 10.6 Å². The highest BCUT2D eigenvalue weighted by atomic mass is 16.5. The fourth-order valence-electron chi connectivity index (χ4n) is 1.63. The predicted octanol–water partition coefficient (Wildman–Crippen LogP) is 1.33. The summed E-state index contributed by atoms with van der Waals surface area (Å²) in [5.41, 5.74) is 0. The van der Waals surface area contributed by atoms with Crippen molar-refractivity contribution in [2.24, 2.45) is 0 Å². The van der Waals surface area contributed by atoms with E-state index >= 15 is 0 Å². The molecule has 0 saturated carbocycles. The molecular weight excluding hydrogens is 270 g/mol. The highest BCUT2D eigenvalue weighted by molar-refractivity contribution is 5.37. The fraction of sp³-hybridized carbons (Fsp3) is 0.538.